The van der Waals surface area contributed by atoms with E-state index in [1.807, 2.05) is 0 Å². The van der Waals surface area contributed by atoms with E-state index in [-0.39, 0.29) is 46.8 Å². The molecule has 1 saturated heterocycles. The lowest BCUT2D eigenvalue weighted by Gasteiger charge is -2.31. The Morgan fingerprint density at radius 2 is 1.79 bits per heavy atom. The fourth-order valence-corrected chi connectivity index (χ4v) is 6.25. The van der Waals surface area contributed by atoms with E-state index < -0.39 is 33.8 Å². The number of hydrogen-bond donors (Lipinski definition) is 5. The number of benzene rings is 3. The molecular formula is C29H33ClF2N4O6S. The van der Waals surface area contributed by atoms with Crippen LogP contribution in [-0.4, -0.2) is 67.9 Å². The molecule has 1 aliphatic rings. The second-order valence-corrected chi connectivity index (χ2v) is 12.5. The SMILES string of the molecule is O=C(NCc1cc(F)ccc1F)Nc1ccc(S(=O)(=O)N2CCC(CNC[C@H](O)COc3ccc(O)cc3Cl)CC2)cc1. The summed E-state index contributed by atoms with van der Waals surface area (Å²) in [5, 5.41) is 28.0. The third-order valence-electron chi connectivity index (χ3n) is 6.93. The molecule has 14 heteroatoms. The van der Waals surface area contributed by atoms with Crippen molar-refractivity contribution >= 4 is 33.3 Å². The average Bonchev–Trinajstić information content (AvgIpc) is 2.98. The maximum Gasteiger partial charge on any atom is 0.319 e. The summed E-state index contributed by atoms with van der Waals surface area (Å²) >= 11 is 6.00. The van der Waals surface area contributed by atoms with Crippen LogP contribution < -0.4 is 20.7 Å². The molecule has 3 aromatic carbocycles. The van der Waals surface area contributed by atoms with Gasteiger partial charge in [0.1, 0.15) is 35.8 Å². The number of phenolic OH excluding ortho intramolecular Hbond substituents is 1. The van der Waals surface area contributed by atoms with Crippen LogP contribution in [0, 0.1) is 17.6 Å². The molecule has 4 rings (SSSR count). The number of nitrogens with one attached hydrogen (secondary N) is 3. The van der Waals surface area contributed by atoms with Gasteiger partial charge in [0.25, 0.3) is 0 Å². The van der Waals surface area contributed by atoms with Gasteiger partial charge >= 0.3 is 6.03 Å². The van der Waals surface area contributed by atoms with Crippen molar-refractivity contribution in [2.45, 2.75) is 30.4 Å². The van der Waals surface area contributed by atoms with Crippen molar-refractivity contribution in [3.63, 3.8) is 0 Å². The summed E-state index contributed by atoms with van der Waals surface area (Å²) in [7, 11) is -3.74. The van der Waals surface area contributed by atoms with Crippen LogP contribution in [0.4, 0.5) is 19.3 Å². The maximum absolute atomic E-state index is 13.7. The number of nitrogens with zero attached hydrogens (tertiary/aromatic N) is 1. The summed E-state index contributed by atoms with van der Waals surface area (Å²) in [6.07, 6.45) is 0.506. The molecular weight excluding hydrogens is 606 g/mol. The van der Waals surface area contributed by atoms with Gasteiger partial charge < -0.3 is 30.9 Å². The molecule has 43 heavy (non-hydrogen) atoms. The lowest BCUT2D eigenvalue weighted by molar-refractivity contribution is 0.104. The smallest absolute Gasteiger partial charge is 0.319 e. The standard InChI is InChI=1S/C29H33ClF2N4O6S/c30-26-14-23(37)4-8-28(26)42-18-24(38)17-33-15-19-9-11-36(12-10-19)43(40,41)25-5-2-22(3-6-25)35-29(39)34-16-20-13-21(31)1-7-27(20)32/h1-8,13-14,19,24,33,37-38H,9-12,15-18H2,(H2,34,35,39)/t24-/m0/s1. The molecule has 0 spiro atoms. The first-order chi connectivity index (χ1) is 20.5. The van der Waals surface area contributed by atoms with E-state index in [0.717, 1.165) is 18.2 Å². The highest BCUT2D eigenvalue weighted by Gasteiger charge is 2.29. The van der Waals surface area contributed by atoms with Gasteiger partial charge in [-0.15, -0.1) is 0 Å². The minimum Gasteiger partial charge on any atom is -0.508 e. The van der Waals surface area contributed by atoms with E-state index in [9.17, 15) is 32.2 Å². The van der Waals surface area contributed by atoms with E-state index in [1.165, 1.54) is 46.8 Å². The number of amides is 2. The maximum atomic E-state index is 13.7. The number of anilines is 1. The molecule has 0 aromatic heterocycles. The number of aromatic hydroxyl groups is 1. The topological polar surface area (TPSA) is 140 Å². The molecule has 1 fully saturated rings. The van der Waals surface area contributed by atoms with Crippen LogP contribution in [0.15, 0.2) is 65.6 Å². The molecule has 2 amide bonds. The van der Waals surface area contributed by atoms with Crippen molar-refractivity contribution in [1.82, 2.24) is 14.9 Å². The number of carbonyl (C=O) groups is 1. The van der Waals surface area contributed by atoms with Gasteiger partial charge in [-0.1, -0.05) is 11.6 Å². The first kappa shape index (κ1) is 32.4. The van der Waals surface area contributed by atoms with E-state index in [2.05, 4.69) is 16.0 Å². The normalized spacial score (nSPS) is 15.2. The lowest BCUT2D eigenvalue weighted by Crippen LogP contribution is -2.42. The zero-order valence-electron chi connectivity index (χ0n) is 23.1. The molecule has 3 aromatic rings. The summed E-state index contributed by atoms with van der Waals surface area (Å²) in [5.74, 6) is -0.649. The molecule has 0 radical (unpaired) electrons. The predicted molar refractivity (Wildman–Crippen MR) is 158 cm³/mol. The van der Waals surface area contributed by atoms with Crippen LogP contribution in [0.5, 0.6) is 11.5 Å². The fourth-order valence-electron chi connectivity index (χ4n) is 4.55. The summed E-state index contributed by atoms with van der Waals surface area (Å²) in [6, 6.07) is 12.3. The van der Waals surface area contributed by atoms with Gasteiger partial charge in [-0.2, -0.15) is 4.31 Å². The highest BCUT2D eigenvalue weighted by atomic mass is 35.5. The number of phenols is 1. The number of sulfonamides is 1. The van der Waals surface area contributed by atoms with Crippen LogP contribution in [-0.2, 0) is 16.6 Å². The van der Waals surface area contributed by atoms with Crippen molar-refractivity contribution in [1.29, 1.82) is 0 Å². The number of urea groups is 1. The monoisotopic (exact) mass is 638 g/mol. The Labute approximate surface area is 253 Å². The van der Waals surface area contributed by atoms with E-state index in [0.29, 0.717) is 43.9 Å². The molecule has 10 nitrogen and oxygen atoms in total. The fraction of sp³-hybridized carbons (Fsp3) is 0.345. The quantitative estimate of drug-likeness (QED) is 0.201. The van der Waals surface area contributed by atoms with Gasteiger partial charge in [-0.3, -0.25) is 0 Å². The van der Waals surface area contributed by atoms with Crippen LogP contribution in [0.2, 0.25) is 5.02 Å². The second kappa shape index (κ2) is 14.8. The van der Waals surface area contributed by atoms with Crippen LogP contribution >= 0.6 is 11.6 Å². The summed E-state index contributed by atoms with van der Waals surface area (Å²) in [4.78, 5) is 12.3. The number of hydrogen-bond acceptors (Lipinski definition) is 7. The van der Waals surface area contributed by atoms with Gasteiger partial charge in [0.05, 0.1) is 9.92 Å². The van der Waals surface area contributed by atoms with E-state index in [1.54, 1.807) is 0 Å². The van der Waals surface area contributed by atoms with E-state index in [4.69, 9.17) is 16.3 Å². The third kappa shape index (κ3) is 9.25. The first-order valence-electron chi connectivity index (χ1n) is 13.6. The van der Waals surface area contributed by atoms with E-state index >= 15 is 0 Å². The molecule has 0 saturated carbocycles. The highest BCUT2D eigenvalue weighted by Crippen LogP contribution is 2.28. The Bertz CT molecular complexity index is 1510. The molecule has 1 heterocycles. The van der Waals surface area contributed by atoms with Crippen molar-refractivity contribution in [3.8, 4) is 11.5 Å². The minimum absolute atomic E-state index is 0.00365. The second-order valence-electron chi connectivity index (χ2n) is 10.2. The molecule has 232 valence electrons. The van der Waals surface area contributed by atoms with Gasteiger partial charge in [-0.25, -0.2) is 22.0 Å². The lowest BCUT2D eigenvalue weighted by atomic mass is 9.98. The number of carbonyl (C=O) groups excluding carboxylic acids is 1. The minimum atomic E-state index is -3.74. The van der Waals surface area contributed by atoms with Gasteiger partial charge in [0.15, 0.2) is 0 Å². The largest absolute Gasteiger partial charge is 0.508 e. The van der Waals surface area contributed by atoms with Crippen molar-refractivity contribution in [2.75, 3.05) is 38.1 Å². The molecule has 0 unspecified atom stereocenters. The van der Waals surface area contributed by atoms with Crippen molar-refractivity contribution in [3.05, 3.63) is 82.9 Å². The number of piperidine rings is 1. The molecule has 0 aliphatic carbocycles. The summed E-state index contributed by atoms with van der Waals surface area (Å²) < 4.78 is 60.3. The van der Waals surface area contributed by atoms with Crippen LogP contribution in [0.1, 0.15) is 18.4 Å². The number of halogens is 3. The van der Waals surface area contributed by atoms with Gasteiger partial charge in [-0.05, 0) is 79.9 Å². The zero-order valence-corrected chi connectivity index (χ0v) is 24.7. The zero-order chi connectivity index (χ0) is 31.0. The first-order valence-corrected chi connectivity index (χ1v) is 15.4. The number of aliphatic hydroxyl groups is 1. The average molecular weight is 639 g/mol. The molecule has 5 N–H and O–H groups in total. The Morgan fingerprint density at radius 3 is 2.49 bits per heavy atom. The highest BCUT2D eigenvalue weighted by molar-refractivity contribution is 7.89. The van der Waals surface area contributed by atoms with Crippen molar-refractivity contribution in [2.24, 2.45) is 5.92 Å². The third-order valence-corrected chi connectivity index (χ3v) is 9.14. The Kier molecular flexibility index (Phi) is 11.2. The van der Waals surface area contributed by atoms with Crippen molar-refractivity contribution < 1.29 is 36.9 Å². The van der Waals surface area contributed by atoms with Crippen LogP contribution in [0.25, 0.3) is 0 Å². The Morgan fingerprint density at radius 1 is 1.07 bits per heavy atom. The Balaban J connectivity index is 1.17. The van der Waals surface area contributed by atoms with Gasteiger partial charge in [0.2, 0.25) is 10.0 Å². The number of rotatable bonds is 12. The molecule has 1 atom stereocenters. The molecule has 0 bridgehead atoms. The number of ether oxygens (including phenoxy) is 1. The number of aliphatic hydroxyl groups excluding tert-OH is 1. The summed E-state index contributed by atoms with van der Waals surface area (Å²) in [5.41, 5.74) is 0.329. The van der Waals surface area contributed by atoms with Crippen LogP contribution in [0.3, 0.4) is 0 Å². The summed E-state index contributed by atoms with van der Waals surface area (Å²) in [6.45, 7) is 1.38. The van der Waals surface area contributed by atoms with Gasteiger partial charge in [0, 0.05) is 43.5 Å². The molecule has 1 aliphatic heterocycles. The predicted octanol–water partition coefficient (Wildman–Crippen LogP) is 4.08. The Hall–Kier alpha value is -3.49.